The average molecular weight is 238 g/mol. The van der Waals surface area contributed by atoms with Gasteiger partial charge in [-0.05, 0) is 30.9 Å². The predicted octanol–water partition coefficient (Wildman–Crippen LogP) is 1.47. The maximum absolute atomic E-state index is 11.8. The van der Waals surface area contributed by atoms with Gasteiger partial charge in [0, 0.05) is 0 Å². The van der Waals surface area contributed by atoms with E-state index in [1.165, 1.54) is 11.3 Å². The summed E-state index contributed by atoms with van der Waals surface area (Å²) in [5.41, 5.74) is 8.80. The Bertz CT molecular complexity index is 472. The molecule has 1 heterocycles. The monoisotopic (exact) mass is 238 g/mol. The summed E-state index contributed by atoms with van der Waals surface area (Å²) in [6.07, 6.45) is 0. The van der Waals surface area contributed by atoms with Gasteiger partial charge in [-0.25, -0.2) is 4.79 Å². The summed E-state index contributed by atoms with van der Waals surface area (Å²) >= 11 is 1.19. The van der Waals surface area contributed by atoms with Crippen LogP contribution in [0.1, 0.15) is 22.2 Å². The quantitative estimate of drug-likeness (QED) is 0.199. The molecular formula is C10H10N2O3S. The molecule has 0 N–H and O–H groups in total. The highest BCUT2D eigenvalue weighted by Crippen LogP contribution is 2.16. The molecule has 0 bridgehead atoms. The number of rotatable bonds is 4. The van der Waals surface area contributed by atoms with E-state index in [1.807, 2.05) is 0 Å². The topological polar surface area (TPSA) is 79.8 Å². The Morgan fingerprint density at radius 3 is 2.69 bits per heavy atom. The lowest BCUT2D eigenvalue weighted by molar-refractivity contribution is -0.139. The second-order valence-electron chi connectivity index (χ2n) is 2.93. The molecule has 0 aliphatic rings. The van der Waals surface area contributed by atoms with Gasteiger partial charge in [0.15, 0.2) is 0 Å². The zero-order valence-electron chi connectivity index (χ0n) is 8.89. The van der Waals surface area contributed by atoms with Crippen LogP contribution in [-0.2, 0) is 9.53 Å². The minimum atomic E-state index is -0.914. The van der Waals surface area contributed by atoms with Crippen LogP contribution < -0.4 is 0 Å². The third-order valence-corrected chi connectivity index (χ3v) is 2.87. The van der Waals surface area contributed by atoms with Gasteiger partial charge in [-0.3, -0.25) is 4.79 Å². The summed E-state index contributed by atoms with van der Waals surface area (Å²) in [6.45, 7) is 3.46. The van der Waals surface area contributed by atoms with Crippen molar-refractivity contribution < 1.29 is 19.1 Å². The molecular weight excluding hydrogens is 228 g/mol. The van der Waals surface area contributed by atoms with Crippen molar-refractivity contribution in [3.8, 4) is 0 Å². The summed E-state index contributed by atoms with van der Waals surface area (Å²) in [5, 5.41) is 1.72. The van der Waals surface area contributed by atoms with Crippen molar-refractivity contribution in [2.75, 3.05) is 6.61 Å². The van der Waals surface area contributed by atoms with Crippen molar-refractivity contribution in [3.63, 3.8) is 0 Å². The first-order chi connectivity index (χ1) is 7.61. The number of hydrogen-bond donors (Lipinski definition) is 0. The zero-order valence-corrected chi connectivity index (χ0v) is 9.71. The number of hydrogen-bond acceptors (Lipinski definition) is 4. The molecule has 0 saturated carbocycles. The second kappa shape index (κ2) is 5.34. The van der Waals surface area contributed by atoms with Crippen molar-refractivity contribution in [1.29, 1.82) is 0 Å². The average Bonchev–Trinajstić information content (AvgIpc) is 2.65. The second-order valence-corrected chi connectivity index (χ2v) is 3.85. The fourth-order valence-electron chi connectivity index (χ4n) is 1.09. The van der Waals surface area contributed by atoms with Crippen LogP contribution in [0.3, 0.4) is 0 Å². The molecule has 0 spiro atoms. The lowest BCUT2D eigenvalue weighted by Gasteiger charge is -1.96. The van der Waals surface area contributed by atoms with Gasteiger partial charge >= 0.3 is 11.7 Å². The molecule has 0 fully saturated rings. The third-order valence-electron chi connectivity index (χ3n) is 1.85. The van der Waals surface area contributed by atoms with E-state index in [0.29, 0.717) is 4.88 Å². The molecule has 1 rings (SSSR count). The number of carbonyl (C=O) groups is 2. The number of esters is 1. The van der Waals surface area contributed by atoms with Crippen LogP contribution in [0.4, 0.5) is 0 Å². The van der Waals surface area contributed by atoms with Crippen molar-refractivity contribution in [3.05, 3.63) is 27.4 Å². The van der Waals surface area contributed by atoms with Crippen LogP contribution in [0.5, 0.6) is 0 Å². The fraction of sp³-hybridized carbons (Fsp3) is 0.300. The fourth-order valence-corrected chi connectivity index (χ4v) is 1.96. The molecule has 0 aromatic carbocycles. The maximum atomic E-state index is 11.8. The Kier molecular flexibility index (Phi) is 4.10. The number of Topliss-reactive ketones (excluding diaryl/α,β-unsaturated/α-hetero) is 1. The molecule has 16 heavy (non-hydrogen) atoms. The number of ketones is 1. The molecule has 0 radical (unpaired) electrons. The smallest absolute Gasteiger partial charge is 0.447 e. The lowest BCUT2D eigenvalue weighted by Crippen LogP contribution is -2.27. The first kappa shape index (κ1) is 12.3. The molecule has 0 atom stereocenters. The Labute approximate surface area is 96.3 Å². The predicted molar refractivity (Wildman–Crippen MR) is 58.6 cm³/mol. The van der Waals surface area contributed by atoms with Gasteiger partial charge in [-0.1, -0.05) is 0 Å². The minimum Gasteiger partial charge on any atom is -0.457 e. The number of nitrogens with zero attached hydrogens (tertiary/aromatic N) is 2. The summed E-state index contributed by atoms with van der Waals surface area (Å²) in [7, 11) is 0. The summed E-state index contributed by atoms with van der Waals surface area (Å²) < 4.78 is 4.61. The van der Waals surface area contributed by atoms with Crippen LogP contribution in [0, 0.1) is 6.92 Å². The van der Waals surface area contributed by atoms with Gasteiger partial charge in [-0.2, -0.15) is 4.79 Å². The minimum absolute atomic E-state index is 0.120. The van der Waals surface area contributed by atoms with Crippen molar-refractivity contribution in [2.45, 2.75) is 13.8 Å². The lowest BCUT2D eigenvalue weighted by atomic mass is 10.1. The molecule has 6 heteroatoms. The Morgan fingerprint density at radius 1 is 1.56 bits per heavy atom. The molecule has 0 saturated heterocycles. The first-order valence-corrected chi connectivity index (χ1v) is 5.47. The molecule has 0 aliphatic heterocycles. The Hall–Kier alpha value is -1.78. The normalized spacial score (nSPS) is 9.38. The maximum Gasteiger partial charge on any atom is 0.447 e. The molecule has 0 unspecified atom stereocenters. The summed E-state index contributed by atoms with van der Waals surface area (Å²) in [5.74, 6) is -1.53. The SMILES string of the molecule is CCOC(=O)C(=[N+]=[N-])C(=O)c1sccc1C. The van der Waals surface area contributed by atoms with Crippen LogP contribution >= 0.6 is 11.3 Å². The van der Waals surface area contributed by atoms with E-state index in [1.54, 1.807) is 25.3 Å². The van der Waals surface area contributed by atoms with Crippen LogP contribution in [0.2, 0.25) is 0 Å². The van der Waals surface area contributed by atoms with E-state index in [0.717, 1.165) is 5.56 Å². The van der Waals surface area contributed by atoms with E-state index < -0.39 is 17.5 Å². The van der Waals surface area contributed by atoms with E-state index in [9.17, 15) is 9.59 Å². The first-order valence-electron chi connectivity index (χ1n) is 4.59. The third kappa shape index (κ3) is 2.42. The summed E-state index contributed by atoms with van der Waals surface area (Å²) in [6, 6.07) is 1.75. The number of carbonyl (C=O) groups excluding carboxylic acids is 2. The standard InChI is InChI=1S/C10H10N2O3S/c1-3-15-10(14)7(12-11)8(13)9-6(2)4-5-16-9/h4-5H,3H2,1-2H3. The van der Waals surface area contributed by atoms with E-state index in [2.05, 4.69) is 9.53 Å². The highest BCUT2D eigenvalue weighted by molar-refractivity contribution is 7.13. The van der Waals surface area contributed by atoms with Crippen LogP contribution in [0.15, 0.2) is 11.4 Å². The van der Waals surface area contributed by atoms with Crippen LogP contribution in [-0.4, -0.2) is 28.9 Å². The van der Waals surface area contributed by atoms with E-state index in [4.69, 9.17) is 5.53 Å². The molecule has 0 aliphatic carbocycles. The number of thiophene rings is 1. The number of aryl methyl sites for hydroxylation is 1. The van der Waals surface area contributed by atoms with E-state index >= 15 is 0 Å². The van der Waals surface area contributed by atoms with Crippen molar-refractivity contribution in [2.24, 2.45) is 0 Å². The Morgan fingerprint density at radius 2 is 2.25 bits per heavy atom. The van der Waals surface area contributed by atoms with Crippen molar-refractivity contribution in [1.82, 2.24) is 0 Å². The zero-order chi connectivity index (χ0) is 12.1. The van der Waals surface area contributed by atoms with Crippen molar-refractivity contribution >= 4 is 28.8 Å². The molecule has 0 amide bonds. The Balaban J connectivity index is 3.01. The number of ether oxygens (including phenoxy) is 1. The highest BCUT2D eigenvalue weighted by atomic mass is 32.1. The summed E-state index contributed by atoms with van der Waals surface area (Å²) in [4.78, 5) is 26.2. The van der Waals surface area contributed by atoms with E-state index in [-0.39, 0.29) is 6.61 Å². The molecule has 5 nitrogen and oxygen atoms in total. The van der Waals surface area contributed by atoms with Gasteiger partial charge in [0.2, 0.25) is 0 Å². The van der Waals surface area contributed by atoms with Crippen LogP contribution in [0.25, 0.3) is 5.53 Å². The molecule has 1 aromatic heterocycles. The van der Waals surface area contributed by atoms with Gasteiger partial charge in [-0.15, -0.1) is 11.3 Å². The van der Waals surface area contributed by atoms with Gasteiger partial charge < -0.3 is 10.3 Å². The molecule has 84 valence electrons. The van der Waals surface area contributed by atoms with Gasteiger partial charge in [0.1, 0.15) is 0 Å². The van der Waals surface area contributed by atoms with Gasteiger partial charge in [0.05, 0.1) is 11.5 Å². The molecule has 1 aromatic rings. The highest BCUT2D eigenvalue weighted by Gasteiger charge is 2.33. The van der Waals surface area contributed by atoms with Gasteiger partial charge in [0.25, 0.3) is 5.78 Å². The largest absolute Gasteiger partial charge is 0.457 e.